The van der Waals surface area contributed by atoms with Gasteiger partial charge < -0.3 is 11.1 Å². The van der Waals surface area contributed by atoms with Crippen LogP contribution in [0, 0.1) is 20.8 Å². The molecule has 4 aromatic rings. The average molecular weight is 424 g/mol. The number of pyridine rings is 1. The Labute approximate surface area is 189 Å². The third kappa shape index (κ3) is 4.47. The summed E-state index contributed by atoms with van der Waals surface area (Å²) >= 11 is 0. The first-order valence-corrected chi connectivity index (χ1v) is 11.0. The van der Waals surface area contributed by atoms with Crippen molar-refractivity contribution in [1.29, 1.82) is 0 Å². The fourth-order valence-electron chi connectivity index (χ4n) is 3.99. The maximum absolute atomic E-state index is 6.33. The number of hydrogen-bond acceptors (Lipinski definition) is 5. The first-order valence-electron chi connectivity index (χ1n) is 11.0. The van der Waals surface area contributed by atoms with Gasteiger partial charge in [-0.15, -0.1) is 0 Å². The summed E-state index contributed by atoms with van der Waals surface area (Å²) in [7, 11) is 0. The van der Waals surface area contributed by atoms with Gasteiger partial charge in [0.25, 0.3) is 0 Å². The molecule has 3 N–H and O–H groups in total. The van der Waals surface area contributed by atoms with Gasteiger partial charge >= 0.3 is 0 Å². The van der Waals surface area contributed by atoms with Crippen molar-refractivity contribution >= 4 is 34.6 Å². The highest BCUT2D eigenvalue weighted by molar-refractivity contribution is 6.00. The van der Waals surface area contributed by atoms with Crippen molar-refractivity contribution in [1.82, 2.24) is 15.0 Å². The SMILES string of the molecule is CCC/C=C/c1cc(C)c(-c2cccc3c(N)nc(Nc4ccc(C)cn4)nc23)c(C)c1. The van der Waals surface area contributed by atoms with E-state index >= 15 is 0 Å². The van der Waals surface area contributed by atoms with E-state index in [4.69, 9.17) is 10.7 Å². The van der Waals surface area contributed by atoms with E-state index < -0.39 is 0 Å². The Hall–Kier alpha value is -3.73. The normalized spacial score (nSPS) is 11.4. The maximum Gasteiger partial charge on any atom is 0.230 e. The molecule has 0 aliphatic heterocycles. The van der Waals surface area contributed by atoms with E-state index in [0.29, 0.717) is 17.6 Å². The second-order valence-electron chi connectivity index (χ2n) is 8.20. The zero-order valence-corrected chi connectivity index (χ0v) is 19.1. The number of para-hydroxylation sites is 1. The second kappa shape index (κ2) is 9.18. The van der Waals surface area contributed by atoms with E-state index in [2.05, 4.69) is 66.4 Å². The smallest absolute Gasteiger partial charge is 0.230 e. The molecule has 2 aromatic heterocycles. The van der Waals surface area contributed by atoms with E-state index in [0.717, 1.165) is 34.9 Å². The van der Waals surface area contributed by atoms with Crippen LogP contribution in [0.25, 0.3) is 28.1 Å². The van der Waals surface area contributed by atoms with Crippen LogP contribution in [0.3, 0.4) is 0 Å². The van der Waals surface area contributed by atoms with Gasteiger partial charge in [0, 0.05) is 17.1 Å². The minimum absolute atomic E-state index is 0.438. The van der Waals surface area contributed by atoms with E-state index in [1.807, 2.05) is 31.2 Å². The van der Waals surface area contributed by atoms with E-state index in [9.17, 15) is 0 Å². The quantitative estimate of drug-likeness (QED) is 0.358. The van der Waals surface area contributed by atoms with Crippen LogP contribution in [0.15, 0.2) is 54.7 Å². The van der Waals surface area contributed by atoms with Gasteiger partial charge in [-0.05, 0) is 67.1 Å². The van der Waals surface area contributed by atoms with E-state index in [1.54, 1.807) is 6.20 Å². The number of nitrogens with zero attached hydrogens (tertiary/aromatic N) is 3. The molecular formula is C27H29N5. The summed E-state index contributed by atoms with van der Waals surface area (Å²) < 4.78 is 0. The molecule has 0 spiro atoms. The molecule has 0 fully saturated rings. The minimum Gasteiger partial charge on any atom is -0.383 e. The number of unbranched alkanes of at least 4 members (excludes halogenated alkanes) is 1. The molecule has 2 heterocycles. The lowest BCUT2D eigenvalue weighted by atomic mass is 9.92. The number of rotatable bonds is 6. The number of fused-ring (bicyclic) bond motifs is 1. The standard InChI is InChI=1S/C27H29N5/c1-5-6-7-9-20-14-18(3)24(19(4)15-20)21-10-8-11-22-25(21)31-27(32-26(22)28)30-23-13-12-17(2)16-29-23/h7-16H,5-6H2,1-4H3,(H3,28,29,30,31,32)/b9-7+. The van der Waals surface area contributed by atoms with Crippen molar-refractivity contribution in [3.05, 3.63) is 77.0 Å². The van der Waals surface area contributed by atoms with Crippen LogP contribution < -0.4 is 11.1 Å². The molecule has 162 valence electrons. The van der Waals surface area contributed by atoms with Gasteiger partial charge in [0.1, 0.15) is 11.6 Å². The van der Waals surface area contributed by atoms with Crippen molar-refractivity contribution in [2.75, 3.05) is 11.1 Å². The Morgan fingerprint density at radius 3 is 2.47 bits per heavy atom. The van der Waals surface area contributed by atoms with Gasteiger partial charge in [-0.25, -0.2) is 9.97 Å². The zero-order valence-electron chi connectivity index (χ0n) is 19.1. The summed E-state index contributed by atoms with van der Waals surface area (Å²) in [6.07, 6.45) is 8.48. The van der Waals surface area contributed by atoms with Gasteiger partial charge in [-0.2, -0.15) is 4.98 Å². The van der Waals surface area contributed by atoms with Gasteiger partial charge in [0.05, 0.1) is 5.52 Å². The first-order chi connectivity index (χ1) is 15.5. The molecule has 0 aliphatic rings. The molecule has 32 heavy (non-hydrogen) atoms. The lowest BCUT2D eigenvalue weighted by Gasteiger charge is -2.15. The number of allylic oxidation sites excluding steroid dienone is 1. The molecule has 5 heteroatoms. The average Bonchev–Trinajstić information content (AvgIpc) is 2.76. The van der Waals surface area contributed by atoms with Crippen molar-refractivity contribution in [2.24, 2.45) is 0 Å². The summed E-state index contributed by atoms with van der Waals surface area (Å²) in [6, 6.07) is 14.4. The molecule has 0 amide bonds. The largest absolute Gasteiger partial charge is 0.383 e. The number of hydrogen-bond donors (Lipinski definition) is 2. The Balaban J connectivity index is 1.81. The van der Waals surface area contributed by atoms with Crippen LogP contribution in [-0.4, -0.2) is 15.0 Å². The monoisotopic (exact) mass is 423 g/mol. The molecule has 5 nitrogen and oxygen atoms in total. The first kappa shape index (κ1) is 21.5. The number of nitrogen functional groups attached to an aromatic ring is 1. The van der Waals surface area contributed by atoms with E-state index in [1.165, 1.54) is 22.3 Å². The highest BCUT2D eigenvalue weighted by Crippen LogP contribution is 2.35. The van der Waals surface area contributed by atoms with Crippen LogP contribution in [0.4, 0.5) is 17.6 Å². The third-order valence-electron chi connectivity index (χ3n) is 5.50. The van der Waals surface area contributed by atoms with Gasteiger partial charge in [-0.1, -0.05) is 55.8 Å². The Morgan fingerprint density at radius 2 is 1.78 bits per heavy atom. The van der Waals surface area contributed by atoms with Crippen LogP contribution in [-0.2, 0) is 0 Å². The van der Waals surface area contributed by atoms with Gasteiger partial charge in [0.15, 0.2) is 0 Å². The molecule has 0 unspecified atom stereocenters. The van der Waals surface area contributed by atoms with Crippen LogP contribution >= 0.6 is 0 Å². The molecule has 0 saturated heterocycles. The summed E-state index contributed by atoms with van der Waals surface area (Å²) in [6.45, 7) is 8.50. The second-order valence-corrected chi connectivity index (χ2v) is 8.20. The molecule has 4 rings (SSSR count). The van der Waals surface area contributed by atoms with Crippen molar-refractivity contribution in [2.45, 2.75) is 40.5 Å². The lowest BCUT2D eigenvalue weighted by molar-refractivity contribution is 0.962. The molecule has 0 atom stereocenters. The molecule has 0 saturated carbocycles. The summed E-state index contributed by atoms with van der Waals surface area (Å²) in [5.41, 5.74) is 14.1. The van der Waals surface area contributed by atoms with E-state index in [-0.39, 0.29) is 0 Å². The number of nitrogens with two attached hydrogens (primary N) is 1. The zero-order chi connectivity index (χ0) is 22.7. The predicted molar refractivity (Wildman–Crippen MR) is 135 cm³/mol. The van der Waals surface area contributed by atoms with Crippen LogP contribution in [0.5, 0.6) is 0 Å². The molecular weight excluding hydrogens is 394 g/mol. The highest BCUT2D eigenvalue weighted by Gasteiger charge is 2.15. The third-order valence-corrected chi connectivity index (χ3v) is 5.50. The Bertz CT molecular complexity index is 1270. The number of aryl methyl sites for hydroxylation is 3. The van der Waals surface area contributed by atoms with Gasteiger partial charge in [-0.3, -0.25) is 0 Å². The molecule has 2 aromatic carbocycles. The summed E-state index contributed by atoms with van der Waals surface area (Å²) in [5.74, 6) is 1.57. The van der Waals surface area contributed by atoms with Crippen molar-refractivity contribution in [3.63, 3.8) is 0 Å². The number of anilines is 3. The lowest BCUT2D eigenvalue weighted by Crippen LogP contribution is -2.04. The molecule has 0 bridgehead atoms. The number of nitrogens with one attached hydrogen (secondary N) is 1. The Morgan fingerprint density at radius 1 is 1.00 bits per heavy atom. The molecule has 0 radical (unpaired) electrons. The minimum atomic E-state index is 0.438. The molecule has 0 aliphatic carbocycles. The maximum atomic E-state index is 6.33. The number of benzene rings is 2. The summed E-state index contributed by atoms with van der Waals surface area (Å²) in [5, 5.41) is 4.03. The van der Waals surface area contributed by atoms with Crippen molar-refractivity contribution in [3.8, 4) is 11.1 Å². The topological polar surface area (TPSA) is 76.7 Å². The fourth-order valence-corrected chi connectivity index (χ4v) is 3.99. The Kier molecular flexibility index (Phi) is 6.17. The predicted octanol–water partition coefficient (Wildman–Crippen LogP) is 6.76. The van der Waals surface area contributed by atoms with Crippen molar-refractivity contribution < 1.29 is 0 Å². The van der Waals surface area contributed by atoms with Crippen LogP contribution in [0.2, 0.25) is 0 Å². The van der Waals surface area contributed by atoms with Gasteiger partial charge in [0.2, 0.25) is 5.95 Å². The van der Waals surface area contributed by atoms with Crippen LogP contribution in [0.1, 0.15) is 42.0 Å². The fraction of sp³-hybridized carbons (Fsp3) is 0.222. The number of aromatic nitrogens is 3. The summed E-state index contributed by atoms with van der Waals surface area (Å²) in [4.78, 5) is 13.7. The highest BCUT2D eigenvalue weighted by atomic mass is 15.2.